The van der Waals surface area contributed by atoms with Gasteiger partial charge in [0.1, 0.15) is 12.7 Å². The molecule has 0 rings (SSSR count). The molecule has 0 aromatic carbocycles. The van der Waals surface area contributed by atoms with Gasteiger partial charge in [-0.05, 0) is 109 Å². The number of carbonyl (C=O) groups excluding carboxylic acids is 2. The zero-order valence-corrected chi connectivity index (χ0v) is 43.9. The van der Waals surface area contributed by atoms with Crippen molar-refractivity contribution >= 4 is 25.7 Å². The second-order valence-electron chi connectivity index (χ2n) is 17.0. The van der Waals surface area contributed by atoms with Crippen LogP contribution in [-0.2, 0) is 32.7 Å². The summed E-state index contributed by atoms with van der Waals surface area (Å²) in [5.41, 5.74) is 0. The van der Waals surface area contributed by atoms with Gasteiger partial charge in [-0.1, -0.05) is 192 Å². The molecule has 3 atom stereocenters. The summed E-state index contributed by atoms with van der Waals surface area (Å²) in [6, 6.07) is -1.59. The largest absolute Gasteiger partial charge is 0.480 e. The molecule has 12 heteroatoms. The third-order valence-corrected chi connectivity index (χ3v) is 11.4. The fraction of sp³-hybridized carbons (Fsp3) is 0.569. The molecule has 70 heavy (non-hydrogen) atoms. The van der Waals surface area contributed by atoms with Gasteiger partial charge in [-0.2, -0.15) is 0 Å². The van der Waals surface area contributed by atoms with Crippen LogP contribution in [0.4, 0.5) is 0 Å². The lowest BCUT2D eigenvalue weighted by molar-refractivity contribution is -0.147. The summed E-state index contributed by atoms with van der Waals surface area (Å²) >= 11 is 0. The molecule has 0 saturated carbocycles. The molecule has 0 aliphatic heterocycles. The lowest BCUT2D eigenvalue weighted by atomic mass is 10.1. The Morgan fingerprint density at radius 3 is 1.27 bits per heavy atom. The highest BCUT2D eigenvalue weighted by atomic mass is 31.2. The Bertz CT molecular complexity index is 1690. The number of hydrogen-bond donors (Lipinski definition) is 4. The number of ether oxygens (including phenoxy) is 1. The van der Waals surface area contributed by atoms with Crippen LogP contribution >= 0.6 is 7.82 Å². The summed E-state index contributed by atoms with van der Waals surface area (Å²) in [5, 5.41) is 21.9. The van der Waals surface area contributed by atoms with Crippen molar-refractivity contribution in [2.45, 2.75) is 193 Å². The lowest BCUT2D eigenvalue weighted by Crippen LogP contribution is -2.43. The van der Waals surface area contributed by atoms with Crippen LogP contribution in [0.1, 0.15) is 181 Å². The molecule has 394 valence electrons. The molecule has 0 saturated heterocycles. The van der Waals surface area contributed by atoms with E-state index in [9.17, 15) is 34.1 Å². The first-order chi connectivity index (χ1) is 34.1. The van der Waals surface area contributed by atoms with E-state index in [0.29, 0.717) is 19.3 Å². The summed E-state index contributed by atoms with van der Waals surface area (Å²) < 4.78 is 26.9. The highest BCUT2D eigenvalue weighted by Gasteiger charge is 2.28. The average Bonchev–Trinajstić information content (AvgIpc) is 3.34. The number of aliphatic hydroxyl groups excluding tert-OH is 1. The number of aliphatic carboxylic acids is 1. The maximum absolute atomic E-state index is 12.4. The zero-order valence-electron chi connectivity index (χ0n) is 43.0. The maximum Gasteiger partial charge on any atom is 0.472 e. The molecule has 0 aromatic rings. The van der Waals surface area contributed by atoms with Crippen molar-refractivity contribution in [1.82, 2.24) is 5.32 Å². The van der Waals surface area contributed by atoms with Crippen molar-refractivity contribution in [3.8, 4) is 0 Å². The van der Waals surface area contributed by atoms with Crippen molar-refractivity contribution in [1.29, 1.82) is 0 Å². The fourth-order valence-corrected chi connectivity index (χ4v) is 7.18. The minimum atomic E-state index is -4.79. The summed E-state index contributed by atoms with van der Waals surface area (Å²) in [7, 11) is -4.79. The fourth-order valence-electron chi connectivity index (χ4n) is 6.40. The zero-order chi connectivity index (χ0) is 51.3. The van der Waals surface area contributed by atoms with E-state index in [1.807, 2.05) is 12.2 Å². The number of hydrogen-bond acceptors (Lipinski definition) is 8. The van der Waals surface area contributed by atoms with Crippen LogP contribution in [0.15, 0.2) is 134 Å². The number of esters is 1. The number of aliphatic hydroxyl groups is 1. The van der Waals surface area contributed by atoms with Gasteiger partial charge in [0.05, 0.1) is 13.2 Å². The molecule has 3 unspecified atom stereocenters. The Morgan fingerprint density at radius 1 is 0.471 bits per heavy atom. The number of unbranched alkanes of at least 4 members (excludes halogenated alkanes) is 11. The highest BCUT2D eigenvalue weighted by Crippen LogP contribution is 2.43. The summed E-state index contributed by atoms with van der Waals surface area (Å²) in [6.45, 7) is 2.40. The third-order valence-electron chi connectivity index (χ3n) is 10.4. The van der Waals surface area contributed by atoms with Crippen LogP contribution < -0.4 is 5.32 Å². The predicted molar refractivity (Wildman–Crippen MR) is 290 cm³/mol. The van der Waals surface area contributed by atoms with Crippen LogP contribution in [0.3, 0.4) is 0 Å². The first-order valence-electron chi connectivity index (χ1n) is 26.2. The van der Waals surface area contributed by atoms with Gasteiger partial charge < -0.3 is 25.2 Å². The minimum Gasteiger partial charge on any atom is -0.480 e. The molecule has 0 aliphatic rings. The van der Waals surface area contributed by atoms with Gasteiger partial charge in [0.15, 0.2) is 6.04 Å². The van der Waals surface area contributed by atoms with Gasteiger partial charge in [0.25, 0.3) is 0 Å². The first kappa shape index (κ1) is 65.6. The molecule has 4 N–H and O–H groups in total. The Labute approximate surface area is 423 Å². The van der Waals surface area contributed by atoms with E-state index < -0.39 is 57.6 Å². The van der Waals surface area contributed by atoms with Gasteiger partial charge >= 0.3 is 19.8 Å². The summed E-state index contributed by atoms with van der Waals surface area (Å²) in [6.07, 6.45) is 70.5. The summed E-state index contributed by atoms with van der Waals surface area (Å²) in [5.74, 6) is -2.49. The Hall–Kier alpha value is -4.38. The molecule has 0 fully saturated rings. The van der Waals surface area contributed by atoms with Crippen molar-refractivity contribution in [3.05, 3.63) is 134 Å². The quantitative estimate of drug-likeness (QED) is 0.0199. The van der Waals surface area contributed by atoms with Gasteiger partial charge in [-0.25, -0.2) is 9.36 Å². The number of carbonyl (C=O) groups is 3. The van der Waals surface area contributed by atoms with Crippen LogP contribution in [0, 0.1) is 0 Å². The molecule has 1 amide bonds. The SMILES string of the molecule is CC/C=C\C/C=C\C/C=C\C/C=C\C/C=C\C/C=C\C/C=C\CCCC(=O)NC(COP(=O)(O)OCC(O)COC(=O)CCCCCCCCC/C=C\C/C=C\C/C=C\C/C=C\CCCCC)C(=O)O. The summed E-state index contributed by atoms with van der Waals surface area (Å²) in [4.78, 5) is 46.1. The number of amides is 1. The van der Waals surface area contributed by atoms with Gasteiger partial charge in [0.2, 0.25) is 5.91 Å². The number of phosphoric ester groups is 1. The normalized spacial score (nSPS) is 14.6. The molecule has 0 radical (unpaired) electrons. The maximum atomic E-state index is 12.4. The number of nitrogens with one attached hydrogen (secondary N) is 1. The van der Waals surface area contributed by atoms with Crippen LogP contribution in [0.2, 0.25) is 0 Å². The van der Waals surface area contributed by atoms with E-state index in [-0.39, 0.29) is 12.8 Å². The molecule has 0 aromatic heterocycles. The molecule has 11 nitrogen and oxygen atoms in total. The smallest absolute Gasteiger partial charge is 0.472 e. The second kappa shape index (κ2) is 51.0. The van der Waals surface area contributed by atoms with E-state index in [4.69, 9.17) is 13.8 Å². The van der Waals surface area contributed by atoms with E-state index >= 15 is 0 Å². The van der Waals surface area contributed by atoms with Gasteiger partial charge in [0, 0.05) is 12.8 Å². The average molecular weight is 994 g/mol. The van der Waals surface area contributed by atoms with Crippen molar-refractivity contribution in [2.24, 2.45) is 0 Å². The van der Waals surface area contributed by atoms with E-state index in [1.165, 1.54) is 38.5 Å². The van der Waals surface area contributed by atoms with Crippen LogP contribution in [0.5, 0.6) is 0 Å². The topological polar surface area (TPSA) is 169 Å². The number of phosphoric acid groups is 1. The van der Waals surface area contributed by atoms with Crippen molar-refractivity contribution in [2.75, 3.05) is 19.8 Å². The molecular weight excluding hydrogens is 902 g/mol. The van der Waals surface area contributed by atoms with Crippen molar-refractivity contribution < 1.29 is 47.8 Å². The lowest BCUT2D eigenvalue weighted by Gasteiger charge is -2.18. The van der Waals surface area contributed by atoms with Crippen LogP contribution in [0.25, 0.3) is 0 Å². The predicted octanol–water partition coefficient (Wildman–Crippen LogP) is 14.9. The van der Waals surface area contributed by atoms with E-state index in [0.717, 1.165) is 96.3 Å². The molecule has 0 bridgehead atoms. The Morgan fingerprint density at radius 2 is 0.843 bits per heavy atom. The van der Waals surface area contributed by atoms with Gasteiger partial charge in [-0.3, -0.25) is 18.6 Å². The number of allylic oxidation sites excluding steroid dienone is 22. The van der Waals surface area contributed by atoms with Gasteiger partial charge in [-0.15, -0.1) is 0 Å². The monoisotopic (exact) mass is 994 g/mol. The number of rotatable bonds is 47. The van der Waals surface area contributed by atoms with Crippen LogP contribution in [-0.4, -0.2) is 64.9 Å². The Kier molecular flexibility index (Phi) is 47.8. The molecule has 0 spiro atoms. The van der Waals surface area contributed by atoms with E-state index in [1.54, 1.807) is 0 Å². The highest BCUT2D eigenvalue weighted by molar-refractivity contribution is 7.47. The van der Waals surface area contributed by atoms with E-state index in [2.05, 4.69) is 141 Å². The molecule has 0 heterocycles. The minimum absolute atomic E-state index is 0.0561. The second-order valence-corrected chi connectivity index (χ2v) is 18.4. The standard InChI is InChI=1S/C58H92NO10P/c1-3-5-7-9-11-13-15-17-19-21-23-25-27-29-31-33-35-37-39-41-43-45-47-49-56(61)59-55(58(63)64)53-69-70(65,66)68-52-54(60)51-67-57(62)50-48-46-44-42-40-38-36-34-32-30-28-26-24-22-20-18-16-14-12-10-8-6-4-2/h5,7,11-14,17-20,23-26,29-32,35,37,41,43,54-55,60H,3-4,6,8-10,15-16,21-22,27-28,33-34,36,38-40,42,44-53H2,1-2H3,(H,59,61)(H,63,64)(H,65,66)/b7-5-,13-11-,14-12-,19-17-,20-18-,25-23-,26-24-,31-29-,32-30-,37-35-,43-41-. The Balaban J connectivity index is 3.97. The third kappa shape index (κ3) is 50.0. The number of carboxylic acids is 1. The molecular formula is C58H92NO10P. The first-order valence-corrected chi connectivity index (χ1v) is 27.7. The molecule has 0 aliphatic carbocycles. The number of carboxylic acid groups (broad SMARTS) is 1. The van der Waals surface area contributed by atoms with Crippen molar-refractivity contribution in [3.63, 3.8) is 0 Å².